The van der Waals surface area contributed by atoms with Gasteiger partial charge in [-0.1, -0.05) is 0 Å². The van der Waals surface area contributed by atoms with Crippen LogP contribution in [0.15, 0.2) is 16.6 Å². The van der Waals surface area contributed by atoms with Crippen LogP contribution in [0.2, 0.25) is 0 Å². The van der Waals surface area contributed by atoms with Gasteiger partial charge in [-0.05, 0) is 28.1 Å². The van der Waals surface area contributed by atoms with E-state index in [1.54, 1.807) is 0 Å². The van der Waals surface area contributed by atoms with Crippen molar-refractivity contribution in [3.05, 3.63) is 28.0 Å². The van der Waals surface area contributed by atoms with E-state index in [0.717, 1.165) is 6.07 Å². The van der Waals surface area contributed by atoms with E-state index in [4.69, 9.17) is 5.11 Å². The maximum absolute atomic E-state index is 12.8. The topological polar surface area (TPSA) is 20.2 Å². The second-order valence-corrected chi connectivity index (χ2v) is 2.95. The highest BCUT2D eigenvalue weighted by atomic mass is 79.9. The van der Waals surface area contributed by atoms with Crippen molar-refractivity contribution in [2.24, 2.45) is 0 Å². The van der Waals surface area contributed by atoms with Crippen LogP contribution in [0.4, 0.5) is 13.2 Å². The first kappa shape index (κ1) is 9.38. The summed E-state index contributed by atoms with van der Waals surface area (Å²) in [6, 6.07) is 2.09. The number of benzene rings is 1. The van der Waals surface area contributed by atoms with Crippen molar-refractivity contribution in [2.45, 2.75) is 6.43 Å². The van der Waals surface area contributed by atoms with Gasteiger partial charge < -0.3 is 5.11 Å². The molecule has 0 aromatic heterocycles. The molecule has 0 heterocycles. The summed E-state index contributed by atoms with van der Waals surface area (Å²) in [4.78, 5) is 0. The minimum absolute atomic E-state index is 0.0596. The summed E-state index contributed by atoms with van der Waals surface area (Å²) in [6.45, 7) is 0. The van der Waals surface area contributed by atoms with E-state index in [2.05, 4.69) is 15.9 Å². The van der Waals surface area contributed by atoms with Gasteiger partial charge in [0.2, 0.25) is 0 Å². The molecule has 5 heteroatoms. The second-order valence-electron chi connectivity index (χ2n) is 2.10. The van der Waals surface area contributed by atoms with Crippen LogP contribution in [-0.2, 0) is 0 Å². The molecular formula is C7H4BrF3O. The molecule has 0 unspecified atom stereocenters. The lowest BCUT2D eigenvalue weighted by molar-refractivity contribution is 0.145. The van der Waals surface area contributed by atoms with Gasteiger partial charge in [-0.25, -0.2) is 13.2 Å². The van der Waals surface area contributed by atoms with E-state index >= 15 is 0 Å². The molecule has 0 spiro atoms. The molecule has 0 aliphatic heterocycles. The summed E-state index contributed by atoms with van der Waals surface area (Å²) < 4.78 is 36.8. The fourth-order valence-electron chi connectivity index (χ4n) is 0.725. The van der Waals surface area contributed by atoms with E-state index < -0.39 is 23.6 Å². The van der Waals surface area contributed by atoms with Crippen molar-refractivity contribution < 1.29 is 18.3 Å². The molecule has 0 aliphatic carbocycles. The van der Waals surface area contributed by atoms with Crippen molar-refractivity contribution in [3.8, 4) is 5.75 Å². The average Bonchev–Trinajstić information content (AvgIpc) is 2.00. The minimum atomic E-state index is -2.91. The molecule has 1 nitrogen and oxygen atoms in total. The van der Waals surface area contributed by atoms with Gasteiger partial charge in [0, 0.05) is 0 Å². The van der Waals surface area contributed by atoms with Crippen molar-refractivity contribution in [1.82, 2.24) is 0 Å². The zero-order chi connectivity index (χ0) is 9.30. The number of aromatic hydroxyl groups is 1. The van der Waals surface area contributed by atoms with Crippen LogP contribution < -0.4 is 0 Å². The number of hydrogen-bond donors (Lipinski definition) is 1. The number of hydrogen-bond acceptors (Lipinski definition) is 1. The van der Waals surface area contributed by atoms with E-state index in [-0.39, 0.29) is 4.47 Å². The number of phenolic OH excluding ortho intramolecular Hbond substituents is 1. The first-order chi connectivity index (χ1) is 5.54. The molecule has 0 saturated heterocycles. The quantitative estimate of drug-likeness (QED) is 0.800. The Morgan fingerprint density at radius 3 is 2.42 bits per heavy atom. The van der Waals surface area contributed by atoms with Gasteiger partial charge in [0.25, 0.3) is 6.43 Å². The number of rotatable bonds is 1. The van der Waals surface area contributed by atoms with Crippen LogP contribution in [0.1, 0.15) is 12.0 Å². The summed E-state index contributed by atoms with van der Waals surface area (Å²) >= 11 is 2.79. The van der Waals surface area contributed by atoms with Gasteiger partial charge >= 0.3 is 0 Å². The smallest absolute Gasteiger partial charge is 0.266 e. The maximum Gasteiger partial charge on any atom is 0.266 e. The van der Waals surface area contributed by atoms with Gasteiger partial charge in [-0.3, -0.25) is 0 Å². The van der Waals surface area contributed by atoms with Crippen molar-refractivity contribution in [3.63, 3.8) is 0 Å². The van der Waals surface area contributed by atoms with Crippen molar-refractivity contribution >= 4 is 15.9 Å². The lowest BCUT2D eigenvalue weighted by Gasteiger charge is -2.04. The number of halogens is 4. The Balaban J connectivity index is 3.27. The molecule has 0 saturated carbocycles. The Bertz CT molecular complexity index is 301. The summed E-state index contributed by atoms with van der Waals surface area (Å²) in [6.07, 6.45) is -2.91. The predicted molar refractivity (Wildman–Crippen MR) is 40.7 cm³/mol. The molecule has 1 aromatic rings. The molecule has 1 N–H and O–H groups in total. The third kappa shape index (κ3) is 1.55. The first-order valence-corrected chi connectivity index (χ1v) is 3.78. The van der Waals surface area contributed by atoms with E-state index in [1.165, 1.54) is 6.07 Å². The standard InChI is InChI=1S/C7H4BrF3O/c8-4-2-1-3(7(10)11)5(9)6(4)12/h1-2,7,12H. The molecule has 0 atom stereocenters. The number of alkyl halides is 2. The first-order valence-electron chi connectivity index (χ1n) is 2.99. The molecular weight excluding hydrogens is 237 g/mol. The maximum atomic E-state index is 12.8. The van der Waals surface area contributed by atoms with Crippen LogP contribution in [0, 0.1) is 5.82 Å². The summed E-state index contributed by atoms with van der Waals surface area (Å²) in [5.41, 5.74) is -0.796. The Morgan fingerprint density at radius 2 is 1.92 bits per heavy atom. The van der Waals surface area contributed by atoms with Gasteiger partial charge in [0.15, 0.2) is 11.6 Å². The predicted octanol–water partition coefficient (Wildman–Crippen LogP) is 3.23. The van der Waals surface area contributed by atoms with Gasteiger partial charge in [0.05, 0.1) is 10.0 Å². The average molecular weight is 241 g/mol. The van der Waals surface area contributed by atoms with Crippen molar-refractivity contribution in [1.29, 1.82) is 0 Å². The van der Waals surface area contributed by atoms with Crippen LogP contribution in [0.5, 0.6) is 5.75 Å². The normalized spacial score (nSPS) is 10.8. The molecule has 1 rings (SSSR count). The molecule has 0 radical (unpaired) electrons. The highest BCUT2D eigenvalue weighted by Crippen LogP contribution is 2.33. The Kier molecular flexibility index (Phi) is 2.62. The monoisotopic (exact) mass is 240 g/mol. The molecule has 66 valence electrons. The molecule has 0 aliphatic rings. The Hall–Kier alpha value is -0.710. The molecule has 0 amide bonds. The highest BCUT2D eigenvalue weighted by Gasteiger charge is 2.17. The zero-order valence-corrected chi connectivity index (χ0v) is 7.28. The van der Waals surface area contributed by atoms with Gasteiger partial charge in [0.1, 0.15) is 0 Å². The van der Waals surface area contributed by atoms with Crippen LogP contribution in [0.3, 0.4) is 0 Å². The summed E-state index contributed by atoms with van der Waals surface area (Å²) in [5, 5.41) is 8.88. The van der Waals surface area contributed by atoms with Crippen LogP contribution in [-0.4, -0.2) is 5.11 Å². The summed E-state index contributed by atoms with van der Waals surface area (Å²) in [7, 11) is 0. The molecule has 0 fully saturated rings. The fourth-order valence-corrected chi connectivity index (χ4v) is 1.03. The molecule has 12 heavy (non-hydrogen) atoms. The van der Waals surface area contributed by atoms with E-state index in [0.29, 0.717) is 0 Å². The highest BCUT2D eigenvalue weighted by molar-refractivity contribution is 9.10. The summed E-state index contributed by atoms with van der Waals surface area (Å²) in [5.74, 6) is -2.06. The number of phenols is 1. The Morgan fingerprint density at radius 1 is 1.33 bits per heavy atom. The molecule has 0 bridgehead atoms. The minimum Gasteiger partial charge on any atom is -0.504 e. The second kappa shape index (κ2) is 3.35. The fraction of sp³-hybridized carbons (Fsp3) is 0.143. The van der Waals surface area contributed by atoms with Crippen molar-refractivity contribution in [2.75, 3.05) is 0 Å². The van der Waals surface area contributed by atoms with E-state index in [9.17, 15) is 13.2 Å². The zero-order valence-electron chi connectivity index (χ0n) is 5.69. The lowest BCUT2D eigenvalue weighted by Crippen LogP contribution is -1.90. The largest absolute Gasteiger partial charge is 0.504 e. The third-order valence-corrected chi connectivity index (χ3v) is 1.97. The SMILES string of the molecule is Oc1c(Br)ccc(C(F)F)c1F. The van der Waals surface area contributed by atoms with Crippen LogP contribution >= 0.6 is 15.9 Å². The van der Waals surface area contributed by atoms with Gasteiger partial charge in [-0.2, -0.15) is 0 Å². The lowest BCUT2D eigenvalue weighted by atomic mass is 10.2. The van der Waals surface area contributed by atoms with E-state index in [1.807, 2.05) is 0 Å². The Labute approximate surface area is 75.0 Å². The third-order valence-electron chi connectivity index (χ3n) is 1.33. The molecule has 1 aromatic carbocycles. The van der Waals surface area contributed by atoms with Gasteiger partial charge in [-0.15, -0.1) is 0 Å². The van der Waals surface area contributed by atoms with Crippen LogP contribution in [0.25, 0.3) is 0 Å².